The molecular weight excluding hydrogens is 1280 g/mol. The number of aromatic nitrogens is 8. The van der Waals surface area contributed by atoms with E-state index in [1.54, 1.807) is 19.1 Å². The van der Waals surface area contributed by atoms with Crippen LogP contribution in [0.1, 0.15) is 70.2 Å². The number of hydrogen-bond acceptors (Lipinski definition) is 13. The van der Waals surface area contributed by atoms with E-state index in [2.05, 4.69) is 92.3 Å². The van der Waals surface area contributed by atoms with Gasteiger partial charge in [-0.3, -0.25) is 9.80 Å². The number of hydrogen-bond donors (Lipinski definition) is 1. The van der Waals surface area contributed by atoms with Crippen molar-refractivity contribution in [2.75, 3.05) is 40.5 Å². The lowest BCUT2D eigenvalue weighted by Gasteiger charge is -2.29. The van der Waals surface area contributed by atoms with E-state index in [0.717, 1.165) is 97.1 Å². The Morgan fingerprint density at radius 3 is 1.58 bits per heavy atom. The fourth-order valence-corrected chi connectivity index (χ4v) is 12.5. The Morgan fingerprint density at radius 1 is 0.631 bits per heavy atom. The maximum absolute atomic E-state index is 13.4. The first-order chi connectivity index (χ1) is 40.0. The minimum absolute atomic E-state index is 0.248. The zero-order chi connectivity index (χ0) is 60.1. The maximum Gasteiger partial charge on any atom is 0.410 e. The van der Waals surface area contributed by atoms with Gasteiger partial charge in [0.05, 0.1) is 71.9 Å². The lowest BCUT2D eigenvalue weighted by atomic mass is 10.1. The molecule has 0 saturated carbocycles. The van der Waals surface area contributed by atoms with Crippen LogP contribution in [0.15, 0.2) is 102 Å². The number of fused-ring (bicyclic) bond motifs is 2. The van der Waals surface area contributed by atoms with Gasteiger partial charge in [-0.15, -0.1) is 0 Å². The number of nitrogens with zero attached hydrogens (tertiary/aromatic N) is 10. The van der Waals surface area contributed by atoms with Crippen molar-refractivity contribution in [1.82, 2.24) is 48.8 Å². The Hall–Kier alpha value is -6.32. The largest absolute Gasteiger partial charge is 0.480 e. The second-order valence-corrected chi connectivity index (χ2v) is 38.0. The molecule has 0 bridgehead atoms. The van der Waals surface area contributed by atoms with Crippen LogP contribution < -0.4 is 9.47 Å². The highest BCUT2D eigenvalue weighted by Crippen LogP contribution is 2.39. The number of halogens is 2. The number of rotatable bonds is 18. The van der Waals surface area contributed by atoms with Crippen LogP contribution in [0, 0.1) is 3.57 Å². The van der Waals surface area contributed by atoms with E-state index in [0.29, 0.717) is 68.7 Å². The van der Waals surface area contributed by atoms with Gasteiger partial charge in [-0.1, -0.05) is 97.7 Å². The monoisotopic (exact) mass is 1350 g/mol. The average Bonchev–Trinajstić information content (AvgIpc) is 2.44. The van der Waals surface area contributed by atoms with Crippen LogP contribution in [0.3, 0.4) is 0 Å². The summed E-state index contributed by atoms with van der Waals surface area (Å²) >= 11 is 5.73. The normalized spacial score (nSPS) is 15.6. The zero-order valence-electron chi connectivity index (χ0n) is 49.9. The summed E-state index contributed by atoms with van der Waals surface area (Å²) in [6, 6.07) is 29.5. The van der Waals surface area contributed by atoms with E-state index in [1.165, 1.54) is 8.47 Å². The molecule has 2 saturated heterocycles. The van der Waals surface area contributed by atoms with Crippen molar-refractivity contribution in [1.29, 1.82) is 0 Å². The number of likely N-dealkylation sites (tertiary alicyclic amines) is 2. The first kappa shape index (κ1) is 62.2. The Kier molecular flexibility index (Phi) is 19.6. The van der Waals surface area contributed by atoms with Crippen LogP contribution in [0.25, 0.3) is 67.1 Å². The molecule has 2 aliphatic heterocycles. The van der Waals surface area contributed by atoms with Gasteiger partial charge in [0.1, 0.15) is 30.7 Å². The SMILES string of the molecule is COc1nc(-c2ccc(-c3cnc([C@@H]4CCCN4C(=O)O)n3COCC[Si](C)(C)C)cc2)nc2ccc(-c3cnc([C@@H]4CCCN4C(=O)OC(C)(C)C)n3COCC[Si](C)(C)C)cc12.COc1nc(-c2ccc(I)cc2)nc2ccc(Br)cc12. The van der Waals surface area contributed by atoms with Crippen LogP contribution in [-0.2, 0) is 27.7 Å². The van der Waals surface area contributed by atoms with Crippen LogP contribution in [0.4, 0.5) is 9.59 Å². The van der Waals surface area contributed by atoms with E-state index in [-0.39, 0.29) is 24.9 Å². The smallest absolute Gasteiger partial charge is 0.410 e. The molecule has 2 aliphatic rings. The van der Waals surface area contributed by atoms with Crippen LogP contribution >= 0.6 is 38.5 Å². The highest BCUT2D eigenvalue weighted by Gasteiger charge is 2.37. The summed E-state index contributed by atoms with van der Waals surface area (Å²) in [6.45, 7) is 22.6. The fourth-order valence-electron chi connectivity index (χ4n) is 10.2. The van der Waals surface area contributed by atoms with E-state index >= 15 is 0 Å². The molecule has 2 atom stereocenters. The standard InChI is InChI=1S/C47H66N8O7Si2.C15H10BrIN2O/c1-47(2,3)62-46(58)53-22-12-14-38(53)43-49-29-40(55(43)31-61-24-26-64(8,9)10)34-19-20-36-35(27-34)44(59-4)51-41(50-36)33-17-15-32(16-18-33)39-28-48-42(37-13-11-21-52(37)45(56)57)54(39)30-60-23-25-63(5,6)7;1-20-15-12-8-10(16)4-7-13(12)18-14(19-15)9-2-5-11(17)6-3-9/h15-20,27-29,37-38H,11-14,21-26,30-31H2,1-10H3,(H,56,57);2-8H,1H3/t37-,38-;/m0./s1. The number of carbonyl (C=O) groups excluding carboxylic acids is 1. The van der Waals surface area contributed by atoms with Crippen molar-refractivity contribution in [3.63, 3.8) is 0 Å². The predicted octanol–water partition coefficient (Wildman–Crippen LogP) is 15.2. The molecule has 4 aromatic carbocycles. The molecular formula is C62H76BrIN10O8Si2. The summed E-state index contributed by atoms with van der Waals surface area (Å²) < 4.78 is 36.0. The Morgan fingerprint density at radius 2 is 1.08 bits per heavy atom. The molecule has 0 radical (unpaired) electrons. The molecule has 6 heterocycles. The van der Waals surface area contributed by atoms with Crippen molar-refractivity contribution in [3.05, 3.63) is 117 Å². The van der Waals surface area contributed by atoms with Crippen molar-refractivity contribution in [3.8, 4) is 57.1 Å². The summed E-state index contributed by atoms with van der Waals surface area (Å²) in [5, 5.41) is 11.6. The van der Waals surface area contributed by atoms with Crippen LogP contribution in [-0.4, -0.2) is 128 Å². The van der Waals surface area contributed by atoms with Gasteiger partial charge in [-0.25, -0.2) is 29.5 Å². The van der Waals surface area contributed by atoms with Gasteiger partial charge < -0.3 is 37.9 Å². The molecule has 444 valence electrons. The first-order valence-corrected chi connectivity index (χ1v) is 37.8. The molecule has 2 amide bonds. The topological polar surface area (TPSA) is 194 Å². The van der Waals surface area contributed by atoms with Gasteiger partial charge >= 0.3 is 12.2 Å². The molecule has 10 rings (SSSR count). The van der Waals surface area contributed by atoms with Gasteiger partial charge in [0.15, 0.2) is 11.6 Å². The van der Waals surface area contributed by atoms with E-state index in [9.17, 15) is 14.7 Å². The second kappa shape index (κ2) is 26.5. The van der Waals surface area contributed by atoms with Crippen molar-refractivity contribution < 1.29 is 38.4 Å². The maximum atomic E-state index is 13.4. The number of benzene rings is 4. The summed E-state index contributed by atoms with van der Waals surface area (Å²) in [5.74, 6) is 3.68. The summed E-state index contributed by atoms with van der Waals surface area (Å²) in [7, 11) is 0.600. The number of carbonyl (C=O) groups is 2. The Labute approximate surface area is 516 Å². The lowest BCUT2D eigenvalue weighted by molar-refractivity contribution is 0.0204. The van der Waals surface area contributed by atoms with E-state index < -0.39 is 27.8 Å². The molecule has 8 aromatic rings. The van der Waals surface area contributed by atoms with Crippen molar-refractivity contribution in [2.45, 2.75) is 129 Å². The molecule has 22 heteroatoms. The van der Waals surface area contributed by atoms with Crippen LogP contribution in [0.2, 0.25) is 51.4 Å². The van der Waals surface area contributed by atoms with Gasteiger partial charge in [-0.05, 0) is 129 Å². The molecule has 18 nitrogen and oxygen atoms in total. The van der Waals surface area contributed by atoms with E-state index in [1.807, 2.05) is 123 Å². The van der Waals surface area contributed by atoms with Crippen LogP contribution in [0.5, 0.6) is 11.8 Å². The third-order valence-corrected chi connectivity index (χ3v) is 19.3. The third-order valence-electron chi connectivity index (χ3n) is 14.7. The minimum atomic E-state index is -1.33. The average molecular weight is 1350 g/mol. The van der Waals surface area contributed by atoms with Gasteiger partial charge in [-0.2, -0.15) is 9.97 Å². The van der Waals surface area contributed by atoms with Crippen molar-refractivity contribution in [2.24, 2.45) is 0 Å². The molecule has 0 aliphatic carbocycles. The summed E-state index contributed by atoms with van der Waals surface area (Å²) in [4.78, 5) is 57.5. The van der Waals surface area contributed by atoms with Gasteiger partial charge in [0.2, 0.25) is 11.8 Å². The quantitative estimate of drug-likeness (QED) is 0.0484. The Balaban J connectivity index is 0.000000354. The van der Waals surface area contributed by atoms with Gasteiger partial charge in [0, 0.05) is 67.2 Å². The first-order valence-electron chi connectivity index (χ1n) is 28.5. The van der Waals surface area contributed by atoms with Gasteiger partial charge in [0.25, 0.3) is 0 Å². The molecule has 0 spiro atoms. The number of ether oxygens (including phenoxy) is 5. The highest BCUT2D eigenvalue weighted by molar-refractivity contribution is 14.1. The number of methoxy groups -OCH3 is 2. The summed E-state index contributed by atoms with van der Waals surface area (Å²) in [5.41, 5.74) is 6.29. The number of amides is 2. The minimum Gasteiger partial charge on any atom is -0.480 e. The molecule has 84 heavy (non-hydrogen) atoms. The second-order valence-electron chi connectivity index (χ2n) is 24.6. The number of imidazole rings is 2. The molecule has 1 N–H and O–H groups in total. The Bertz CT molecular complexity index is 3620. The lowest BCUT2D eigenvalue weighted by Crippen LogP contribution is -2.37. The number of carboxylic acid groups (broad SMARTS) is 1. The predicted molar refractivity (Wildman–Crippen MR) is 346 cm³/mol. The third kappa shape index (κ3) is 15.2. The summed E-state index contributed by atoms with van der Waals surface area (Å²) in [6.07, 6.45) is 5.53. The van der Waals surface area contributed by atoms with Crippen molar-refractivity contribution >= 4 is 88.7 Å². The molecule has 0 unspecified atom stereocenters. The van der Waals surface area contributed by atoms with E-state index in [4.69, 9.17) is 43.6 Å². The molecule has 4 aromatic heterocycles. The fraction of sp³-hybridized carbons (Fsp3) is 0.419. The zero-order valence-corrected chi connectivity index (χ0v) is 55.7. The molecule has 2 fully saturated rings. The highest BCUT2D eigenvalue weighted by atomic mass is 127.